The van der Waals surface area contributed by atoms with Crippen molar-refractivity contribution in [1.82, 2.24) is 5.32 Å². The van der Waals surface area contributed by atoms with Crippen molar-refractivity contribution in [2.45, 2.75) is 25.4 Å². The van der Waals surface area contributed by atoms with E-state index in [1.807, 2.05) is 26.0 Å². The first-order valence-corrected chi connectivity index (χ1v) is 7.69. The van der Waals surface area contributed by atoms with Gasteiger partial charge in [-0.3, -0.25) is 15.4 Å². The van der Waals surface area contributed by atoms with Crippen molar-refractivity contribution >= 4 is 23.6 Å². The van der Waals surface area contributed by atoms with Crippen LogP contribution < -0.4 is 10.1 Å². The molecule has 7 heteroatoms. The minimum atomic E-state index is -0.523. The number of nitro groups is 1. The molecular formula is C17H15ClN2O4. The molecular weight excluding hydrogens is 332 g/mol. The van der Waals surface area contributed by atoms with Crippen LogP contribution in [0, 0.1) is 10.1 Å². The van der Waals surface area contributed by atoms with Gasteiger partial charge in [0.15, 0.2) is 0 Å². The largest absolute Gasteiger partial charge is 0.455 e. The maximum Gasteiger partial charge on any atom is 0.271 e. The molecule has 1 aliphatic rings. The van der Waals surface area contributed by atoms with Gasteiger partial charge in [0.1, 0.15) is 17.8 Å². The van der Waals surface area contributed by atoms with Crippen molar-refractivity contribution in [3.05, 3.63) is 62.7 Å². The lowest BCUT2D eigenvalue weighted by atomic mass is 9.93. The van der Waals surface area contributed by atoms with Crippen molar-refractivity contribution in [1.29, 1.82) is 0 Å². The molecule has 0 amide bonds. The van der Waals surface area contributed by atoms with Crippen LogP contribution >= 0.6 is 11.6 Å². The molecule has 0 spiro atoms. The van der Waals surface area contributed by atoms with Crippen molar-refractivity contribution < 1.29 is 14.5 Å². The van der Waals surface area contributed by atoms with E-state index in [1.54, 1.807) is 6.07 Å². The van der Waals surface area contributed by atoms with Crippen LogP contribution in [0.25, 0.3) is 0 Å². The van der Waals surface area contributed by atoms with Gasteiger partial charge in [-0.25, -0.2) is 0 Å². The minimum Gasteiger partial charge on any atom is -0.455 e. The predicted molar refractivity (Wildman–Crippen MR) is 89.6 cm³/mol. The second-order valence-electron chi connectivity index (χ2n) is 6.07. The van der Waals surface area contributed by atoms with Crippen LogP contribution in [0.4, 0.5) is 5.69 Å². The van der Waals surface area contributed by atoms with Gasteiger partial charge < -0.3 is 9.53 Å². The molecule has 24 heavy (non-hydrogen) atoms. The van der Waals surface area contributed by atoms with Crippen molar-refractivity contribution in [3.8, 4) is 11.5 Å². The van der Waals surface area contributed by atoms with Crippen molar-refractivity contribution in [2.75, 3.05) is 0 Å². The van der Waals surface area contributed by atoms with Gasteiger partial charge in [0.05, 0.1) is 16.0 Å². The first kappa shape index (κ1) is 16.4. The van der Waals surface area contributed by atoms with E-state index >= 15 is 0 Å². The molecule has 124 valence electrons. The predicted octanol–water partition coefficient (Wildman–Crippen LogP) is 4.12. The number of rotatable bonds is 4. The van der Waals surface area contributed by atoms with Crippen LogP contribution in [0.3, 0.4) is 0 Å². The molecule has 0 fully saturated rings. The van der Waals surface area contributed by atoms with Gasteiger partial charge in [-0.05, 0) is 31.5 Å². The number of fused-ring (bicyclic) bond motifs is 1. The molecule has 0 aliphatic carbocycles. The summed E-state index contributed by atoms with van der Waals surface area (Å²) in [6, 6.07) is 9.05. The van der Waals surface area contributed by atoms with Gasteiger partial charge in [0, 0.05) is 23.2 Å². The van der Waals surface area contributed by atoms with E-state index in [9.17, 15) is 14.9 Å². The number of carbonyl (C=O) groups excluding carboxylic acids is 1. The van der Waals surface area contributed by atoms with E-state index in [0.29, 0.717) is 11.5 Å². The van der Waals surface area contributed by atoms with Crippen LogP contribution in [-0.4, -0.2) is 11.2 Å². The Bertz CT molecular complexity index is 835. The van der Waals surface area contributed by atoms with E-state index in [-0.39, 0.29) is 16.2 Å². The number of carbonyl (C=O) groups is 1. The summed E-state index contributed by atoms with van der Waals surface area (Å²) in [5.41, 5.74) is 1.25. The Balaban J connectivity index is 2.02. The summed E-state index contributed by atoms with van der Waals surface area (Å²) in [5, 5.41) is 14.2. The normalized spacial score (nSPS) is 18.0. The smallest absolute Gasteiger partial charge is 0.271 e. The van der Waals surface area contributed by atoms with E-state index in [2.05, 4.69) is 5.32 Å². The molecule has 6 nitrogen and oxygen atoms in total. The first-order chi connectivity index (χ1) is 11.3. The van der Waals surface area contributed by atoms with Gasteiger partial charge in [-0.15, -0.1) is 0 Å². The zero-order chi connectivity index (χ0) is 17.5. The number of halogens is 1. The quantitative estimate of drug-likeness (QED) is 0.511. The highest BCUT2D eigenvalue weighted by atomic mass is 35.5. The van der Waals surface area contributed by atoms with E-state index in [4.69, 9.17) is 16.3 Å². The lowest BCUT2D eigenvalue weighted by Gasteiger charge is -2.20. The summed E-state index contributed by atoms with van der Waals surface area (Å²) in [5.74, 6) is 0.795. The molecule has 1 aliphatic heterocycles. The molecule has 0 radical (unpaired) electrons. The molecule has 0 saturated heterocycles. The third kappa shape index (κ3) is 2.74. The number of hydrogen-bond acceptors (Lipinski definition) is 5. The molecule has 3 rings (SSSR count). The fraction of sp³-hybridized carbons (Fsp3) is 0.235. The Morgan fingerprint density at radius 3 is 2.67 bits per heavy atom. The summed E-state index contributed by atoms with van der Waals surface area (Å²) in [6.07, 6.45) is 0.831. The Morgan fingerprint density at radius 1 is 1.29 bits per heavy atom. The SMILES string of the molecule is CC1(C)NC(C=O)c2c(Oc3ccc([N+](=O)[O-])cc3Cl)cccc21. The van der Waals surface area contributed by atoms with Crippen molar-refractivity contribution in [3.63, 3.8) is 0 Å². The monoisotopic (exact) mass is 346 g/mol. The number of non-ortho nitro benzene ring substituents is 1. The summed E-state index contributed by atoms with van der Waals surface area (Å²) in [6.45, 7) is 3.97. The Hall–Kier alpha value is -2.44. The average molecular weight is 347 g/mol. The van der Waals surface area contributed by atoms with Crippen LogP contribution in [0.1, 0.15) is 31.0 Å². The lowest BCUT2D eigenvalue weighted by Crippen LogP contribution is -2.32. The Morgan fingerprint density at radius 2 is 2.04 bits per heavy atom. The van der Waals surface area contributed by atoms with Gasteiger partial charge in [-0.2, -0.15) is 0 Å². The summed E-state index contributed by atoms with van der Waals surface area (Å²) >= 11 is 6.09. The number of hydrogen-bond donors (Lipinski definition) is 1. The number of aldehydes is 1. The number of ether oxygens (including phenoxy) is 1. The summed E-state index contributed by atoms with van der Waals surface area (Å²) < 4.78 is 5.86. The highest BCUT2D eigenvalue weighted by molar-refractivity contribution is 6.32. The maximum atomic E-state index is 11.4. The fourth-order valence-corrected chi connectivity index (χ4v) is 3.16. The Labute approximate surface area is 143 Å². The minimum absolute atomic E-state index is 0.112. The lowest BCUT2D eigenvalue weighted by molar-refractivity contribution is -0.384. The fourth-order valence-electron chi connectivity index (χ4n) is 2.94. The maximum absolute atomic E-state index is 11.4. The van der Waals surface area contributed by atoms with Crippen LogP contribution in [0.5, 0.6) is 11.5 Å². The second kappa shape index (κ2) is 5.89. The molecule has 1 heterocycles. The van der Waals surface area contributed by atoms with E-state index in [0.717, 1.165) is 17.4 Å². The Kier molecular flexibility index (Phi) is 4.03. The standard InChI is InChI=1S/C17H15ClN2O4/c1-17(2)11-4-3-5-15(16(11)13(9-21)19-17)24-14-7-6-10(20(22)23)8-12(14)18/h3-9,13,19H,1-2H3. The van der Waals surface area contributed by atoms with Crippen molar-refractivity contribution in [2.24, 2.45) is 0 Å². The number of nitro benzene ring substituents is 1. The van der Waals surface area contributed by atoms with Crippen LogP contribution in [0.15, 0.2) is 36.4 Å². The van der Waals surface area contributed by atoms with Crippen LogP contribution in [0.2, 0.25) is 5.02 Å². The third-order valence-electron chi connectivity index (χ3n) is 4.05. The number of nitrogens with zero attached hydrogens (tertiary/aromatic N) is 1. The average Bonchev–Trinajstić information content (AvgIpc) is 2.81. The molecule has 0 saturated carbocycles. The van der Waals surface area contributed by atoms with Crippen LogP contribution in [-0.2, 0) is 10.3 Å². The molecule has 2 aromatic carbocycles. The molecule has 1 N–H and O–H groups in total. The summed E-state index contributed by atoms with van der Waals surface area (Å²) in [7, 11) is 0. The van der Waals surface area contributed by atoms with E-state index < -0.39 is 11.0 Å². The molecule has 2 aromatic rings. The first-order valence-electron chi connectivity index (χ1n) is 7.31. The zero-order valence-corrected chi connectivity index (χ0v) is 13.8. The summed E-state index contributed by atoms with van der Waals surface area (Å²) in [4.78, 5) is 21.7. The number of nitrogens with one attached hydrogen (secondary N) is 1. The zero-order valence-electron chi connectivity index (χ0n) is 13.1. The molecule has 0 bridgehead atoms. The van der Waals surface area contributed by atoms with Gasteiger partial charge in [-0.1, -0.05) is 23.7 Å². The third-order valence-corrected chi connectivity index (χ3v) is 4.34. The van der Waals surface area contributed by atoms with Gasteiger partial charge in [0.25, 0.3) is 5.69 Å². The highest BCUT2D eigenvalue weighted by Crippen LogP contribution is 2.43. The molecule has 1 unspecified atom stereocenters. The van der Waals surface area contributed by atoms with Gasteiger partial charge in [0.2, 0.25) is 0 Å². The van der Waals surface area contributed by atoms with Gasteiger partial charge >= 0.3 is 0 Å². The topological polar surface area (TPSA) is 81.5 Å². The highest BCUT2D eigenvalue weighted by Gasteiger charge is 2.38. The molecule has 0 aromatic heterocycles. The number of benzene rings is 2. The van der Waals surface area contributed by atoms with E-state index in [1.165, 1.54) is 18.2 Å². The molecule has 1 atom stereocenters. The second-order valence-corrected chi connectivity index (χ2v) is 6.48.